The summed E-state index contributed by atoms with van der Waals surface area (Å²) in [7, 11) is 0. The van der Waals surface area contributed by atoms with Crippen LogP contribution in [0, 0.1) is 20.3 Å². The maximum Gasteiger partial charge on any atom is 0.369 e. The molecule has 0 spiro atoms. The van der Waals surface area contributed by atoms with Crippen LogP contribution in [-0.2, 0) is 0 Å². The van der Waals surface area contributed by atoms with Gasteiger partial charge in [-0.15, -0.1) is 0 Å². The monoisotopic (exact) mass is 315 g/mol. The molecule has 0 radical (unpaired) electrons. The molecular formula is C12H12IS+. The average Bonchev–Trinajstić information content (AvgIpc) is 2.47. The van der Waals surface area contributed by atoms with Crippen molar-refractivity contribution >= 4 is 11.3 Å². The van der Waals surface area contributed by atoms with Gasteiger partial charge < -0.3 is 0 Å². The summed E-state index contributed by atoms with van der Waals surface area (Å²) in [5, 5.41) is 0. The molecule has 0 nitrogen and oxygen atoms in total. The van der Waals surface area contributed by atoms with E-state index in [4.69, 9.17) is 0 Å². The number of hydrogen-bond acceptors (Lipinski definition) is 1. The summed E-state index contributed by atoms with van der Waals surface area (Å²) in [6.07, 6.45) is 0. The Balaban J connectivity index is 2.19. The zero-order valence-electron chi connectivity index (χ0n) is 8.25. The second-order valence-corrected chi connectivity index (χ2v) is 8.12. The van der Waals surface area contributed by atoms with Crippen LogP contribution in [-0.4, -0.2) is 0 Å². The molecule has 0 aliphatic carbocycles. The molecular weight excluding hydrogens is 303 g/mol. The smallest absolute Gasteiger partial charge is 0.0927 e. The third kappa shape index (κ3) is 2.36. The molecule has 0 bridgehead atoms. The fourth-order valence-corrected chi connectivity index (χ4v) is 5.88. The lowest BCUT2D eigenvalue weighted by molar-refractivity contribution is -0.591. The lowest BCUT2D eigenvalue weighted by Gasteiger charge is -1.80. The third-order valence-electron chi connectivity index (χ3n) is 2.07. The topological polar surface area (TPSA) is 0 Å². The van der Waals surface area contributed by atoms with E-state index in [1.165, 1.54) is 14.0 Å². The van der Waals surface area contributed by atoms with Crippen molar-refractivity contribution < 1.29 is 21.2 Å². The molecule has 0 aliphatic rings. The Hall–Kier alpha value is -0.350. The highest BCUT2D eigenvalue weighted by Crippen LogP contribution is 2.13. The van der Waals surface area contributed by atoms with Crippen molar-refractivity contribution in [1.29, 1.82) is 0 Å². The SMILES string of the molecule is Cc1cc([I+]c2ccccc2)sc1C. The molecule has 0 amide bonds. The maximum absolute atomic E-state index is 2.35. The first-order valence-electron chi connectivity index (χ1n) is 4.52. The van der Waals surface area contributed by atoms with Crippen molar-refractivity contribution in [1.82, 2.24) is 0 Å². The highest BCUT2D eigenvalue weighted by Gasteiger charge is 2.18. The molecule has 0 N–H and O–H groups in total. The standard InChI is InChI=1S/C12H12IS/c1-9-8-12(14-10(9)2)13-11-6-4-3-5-7-11/h3-8H,1-2H3/q+1. The minimum atomic E-state index is 0.0513. The minimum absolute atomic E-state index is 0.0513. The fraction of sp³-hybridized carbons (Fsp3) is 0.167. The van der Waals surface area contributed by atoms with Crippen molar-refractivity contribution in [3.63, 3.8) is 0 Å². The Morgan fingerprint density at radius 2 is 1.79 bits per heavy atom. The first kappa shape index (κ1) is 10.2. The predicted molar refractivity (Wildman–Crippen MR) is 57.6 cm³/mol. The van der Waals surface area contributed by atoms with E-state index in [-0.39, 0.29) is 21.2 Å². The van der Waals surface area contributed by atoms with Gasteiger partial charge in [-0.3, -0.25) is 0 Å². The van der Waals surface area contributed by atoms with Crippen LogP contribution in [0.2, 0.25) is 0 Å². The highest BCUT2D eigenvalue weighted by molar-refractivity contribution is 7.09. The van der Waals surface area contributed by atoms with E-state index >= 15 is 0 Å². The molecule has 0 saturated heterocycles. The molecule has 0 aliphatic heterocycles. The molecule has 0 saturated carbocycles. The number of rotatable bonds is 2. The van der Waals surface area contributed by atoms with Gasteiger partial charge >= 0.3 is 21.2 Å². The summed E-state index contributed by atoms with van der Waals surface area (Å²) in [4.78, 5) is 1.47. The largest absolute Gasteiger partial charge is 0.369 e. The number of thiophene rings is 1. The molecule has 0 unspecified atom stereocenters. The van der Waals surface area contributed by atoms with Crippen LogP contribution in [0.5, 0.6) is 0 Å². The number of hydrogen-bond donors (Lipinski definition) is 0. The van der Waals surface area contributed by atoms with Crippen molar-refractivity contribution in [3.05, 3.63) is 53.3 Å². The first-order chi connectivity index (χ1) is 6.75. The van der Waals surface area contributed by atoms with Gasteiger partial charge in [-0.1, -0.05) is 29.5 Å². The maximum atomic E-state index is 2.35. The van der Waals surface area contributed by atoms with Crippen LogP contribution in [0.25, 0.3) is 0 Å². The molecule has 1 heterocycles. The zero-order chi connectivity index (χ0) is 9.97. The summed E-state index contributed by atoms with van der Waals surface area (Å²) in [6.45, 7) is 4.41. The van der Waals surface area contributed by atoms with Crippen LogP contribution < -0.4 is 21.2 Å². The zero-order valence-corrected chi connectivity index (χ0v) is 11.2. The van der Waals surface area contributed by atoms with Crippen molar-refractivity contribution in [2.24, 2.45) is 0 Å². The van der Waals surface area contributed by atoms with Gasteiger partial charge in [0, 0.05) is 10.9 Å². The van der Waals surface area contributed by atoms with E-state index in [0.29, 0.717) is 0 Å². The first-order valence-corrected chi connectivity index (χ1v) is 7.50. The van der Waals surface area contributed by atoms with Gasteiger partial charge in [0.25, 0.3) is 0 Å². The average molecular weight is 315 g/mol. The van der Waals surface area contributed by atoms with Crippen LogP contribution in [0.1, 0.15) is 10.4 Å². The Morgan fingerprint density at radius 1 is 1.07 bits per heavy atom. The Labute approximate surface area is 99.2 Å². The predicted octanol–water partition coefficient (Wildman–Crippen LogP) is 0.493. The van der Waals surface area contributed by atoms with E-state index in [9.17, 15) is 0 Å². The lowest BCUT2D eigenvalue weighted by Crippen LogP contribution is -3.61. The Morgan fingerprint density at radius 3 is 2.36 bits per heavy atom. The molecule has 14 heavy (non-hydrogen) atoms. The number of aryl methyl sites for hydroxylation is 2. The summed E-state index contributed by atoms with van der Waals surface area (Å²) < 4.78 is 3.08. The van der Waals surface area contributed by atoms with E-state index < -0.39 is 0 Å². The van der Waals surface area contributed by atoms with Gasteiger partial charge in [-0.05, 0) is 31.5 Å². The van der Waals surface area contributed by atoms with Gasteiger partial charge in [0.05, 0.1) is 0 Å². The van der Waals surface area contributed by atoms with Gasteiger partial charge in [-0.2, -0.15) is 0 Å². The summed E-state index contributed by atoms with van der Waals surface area (Å²) in [6, 6.07) is 13.2. The molecule has 72 valence electrons. The van der Waals surface area contributed by atoms with Gasteiger partial charge in [-0.25, -0.2) is 0 Å². The molecule has 2 heteroatoms. The van der Waals surface area contributed by atoms with E-state index in [2.05, 4.69) is 50.2 Å². The van der Waals surface area contributed by atoms with Crippen molar-refractivity contribution in [2.75, 3.05) is 0 Å². The number of benzene rings is 1. The van der Waals surface area contributed by atoms with Gasteiger partial charge in [0.1, 0.15) is 0 Å². The van der Waals surface area contributed by atoms with Gasteiger partial charge in [0.2, 0.25) is 2.88 Å². The molecule has 2 rings (SSSR count). The lowest BCUT2D eigenvalue weighted by atomic mass is 10.3. The van der Waals surface area contributed by atoms with E-state index in [1.54, 1.807) is 2.88 Å². The highest BCUT2D eigenvalue weighted by atomic mass is 127. The minimum Gasteiger partial charge on any atom is -0.0927 e. The third-order valence-corrected chi connectivity index (χ3v) is 6.38. The molecule has 2 aromatic rings. The van der Waals surface area contributed by atoms with E-state index in [0.717, 1.165) is 0 Å². The Kier molecular flexibility index (Phi) is 3.23. The summed E-state index contributed by atoms with van der Waals surface area (Å²) in [5.41, 5.74) is 1.45. The van der Waals surface area contributed by atoms with E-state index in [1.807, 2.05) is 11.3 Å². The van der Waals surface area contributed by atoms with Crippen LogP contribution in [0.3, 0.4) is 0 Å². The Bertz CT molecular complexity index is 398. The second-order valence-electron chi connectivity index (χ2n) is 3.18. The van der Waals surface area contributed by atoms with Crippen molar-refractivity contribution in [2.45, 2.75) is 13.8 Å². The second kappa shape index (κ2) is 4.45. The summed E-state index contributed by atoms with van der Waals surface area (Å²) in [5.74, 6) is 0. The van der Waals surface area contributed by atoms with Crippen molar-refractivity contribution in [3.8, 4) is 0 Å². The van der Waals surface area contributed by atoms with Gasteiger partial charge in [0.15, 0.2) is 3.57 Å². The molecule has 1 aromatic heterocycles. The van der Waals surface area contributed by atoms with Crippen LogP contribution in [0.15, 0.2) is 36.4 Å². The quantitative estimate of drug-likeness (QED) is 0.708. The molecule has 0 atom stereocenters. The summed E-state index contributed by atoms with van der Waals surface area (Å²) >= 11 is 2.01. The normalized spacial score (nSPS) is 10.4. The molecule has 1 aromatic carbocycles. The number of halogens is 1. The van der Waals surface area contributed by atoms with Crippen LogP contribution >= 0.6 is 11.3 Å². The van der Waals surface area contributed by atoms with Crippen LogP contribution in [0.4, 0.5) is 0 Å². The molecule has 0 fully saturated rings. The fourth-order valence-electron chi connectivity index (χ4n) is 1.16.